The fourth-order valence-corrected chi connectivity index (χ4v) is 1.70. The van der Waals surface area contributed by atoms with Crippen molar-refractivity contribution in [1.29, 1.82) is 0 Å². The van der Waals surface area contributed by atoms with Crippen LogP contribution in [0, 0.1) is 5.41 Å². The summed E-state index contributed by atoms with van der Waals surface area (Å²) in [5, 5.41) is 9.10. The third kappa shape index (κ3) is 0.974. The van der Waals surface area contributed by atoms with Crippen molar-refractivity contribution in [3.63, 3.8) is 0 Å². The second kappa shape index (κ2) is 2.61. The van der Waals surface area contributed by atoms with Crippen molar-refractivity contribution in [1.82, 2.24) is 0 Å². The molecule has 12 heavy (non-hydrogen) atoms. The summed E-state index contributed by atoms with van der Waals surface area (Å²) in [5.41, 5.74) is 5.49. The molecule has 2 rings (SSSR count). The molecule has 0 unspecified atom stereocenters. The van der Waals surface area contributed by atoms with Crippen LogP contribution in [-0.2, 0) is 0 Å². The molecule has 1 aromatic heterocycles. The van der Waals surface area contributed by atoms with E-state index in [4.69, 9.17) is 15.3 Å². The SMILES string of the molecule is NC[C@]1(CO)C[C@@H]1c1ccco1. The van der Waals surface area contributed by atoms with Gasteiger partial charge < -0.3 is 15.3 Å². The molecule has 0 spiro atoms. The summed E-state index contributed by atoms with van der Waals surface area (Å²) >= 11 is 0. The van der Waals surface area contributed by atoms with Crippen molar-refractivity contribution in [3.8, 4) is 0 Å². The van der Waals surface area contributed by atoms with Gasteiger partial charge in [-0.15, -0.1) is 0 Å². The lowest BCUT2D eigenvalue weighted by Crippen LogP contribution is -2.21. The first kappa shape index (κ1) is 7.83. The highest BCUT2D eigenvalue weighted by Gasteiger charge is 2.54. The van der Waals surface area contributed by atoms with Crippen molar-refractivity contribution in [2.24, 2.45) is 11.1 Å². The van der Waals surface area contributed by atoms with Crippen LogP contribution in [0.1, 0.15) is 18.1 Å². The van der Waals surface area contributed by atoms with Crippen molar-refractivity contribution in [2.45, 2.75) is 12.3 Å². The maximum absolute atomic E-state index is 9.10. The van der Waals surface area contributed by atoms with Crippen LogP contribution in [0.15, 0.2) is 22.8 Å². The molecule has 1 aliphatic rings. The maximum Gasteiger partial charge on any atom is 0.107 e. The average molecular weight is 167 g/mol. The predicted octanol–water partition coefficient (Wildman–Crippen LogP) is 0.704. The minimum atomic E-state index is -0.0855. The molecule has 1 aliphatic carbocycles. The van der Waals surface area contributed by atoms with Gasteiger partial charge in [0.05, 0.1) is 12.9 Å². The van der Waals surface area contributed by atoms with E-state index in [0.29, 0.717) is 12.5 Å². The number of nitrogens with two attached hydrogens (primary N) is 1. The summed E-state index contributed by atoms with van der Waals surface area (Å²) in [6.45, 7) is 0.698. The molecule has 3 nitrogen and oxygen atoms in total. The molecule has 0 aliphatic heterocycles. The van der Waals surface area contributed by atoms with Gasteiger partial charge in [0, 0.05) is 17.9 Å². The number of aliphatic hydroxyl groups is 1. The monoisotopic (exact) mass is 167 g/mol. The number of aliphatic hydroxyl groups excluding tert-OH is 1. The molecule has 0 bridgehead atoms. The molecule has 0 saturated heterocycles. The highest BCUT2D eigenvalue weighted by molar-refractivity contribution is 5.22. The van der Waals surface area contributed by atoms with Crippen LogP contribution in [0.2, 0.25) is 0 Å². The number of hydrogen-bond acceptors (Lipinski definition) is 3. The summed E-state index contributed by atoms with van der Waals surface area (Å²) < 4.78 is 5.25. The minimum Gasteiger partial charge on any atom is -0.469 e. The van der Waals surface area contributed by atoms with Crippen molar-refractivity contribution < 1.29 is 9.52 Å². The molecular weight excluding hydrogens is 154 g/mol. The van der Waals surface area contributed by atoms with Crippen LogP contribution in [0.4, 0.5) is 0 Å². The molecule has 1 saturated carbocycles. The van der Waals surface area contributed by atoms with Crippen LogP contribution >= 0.6 is 0 Å². The molecule has 3 heteroatoms. The first-order chi connectivity index (χ1) is 5.82. The minimum absolute atomic E-state index is 0.0855. The molecule has 66 valence electrons. The highest BCUT2D eigenvalue weighted by atomic mass is 16.3. The molecule has 1 heterocycles. The van der Waals surface area contributed by atoms with E-state index >= 15 is 0 Å². The van der Waals surface area contributed by atoms with Gasteiger partial charge in [-0.2, -0.15) is 0 Å². The van der Waals surface area contributed by atoms with E-state index in [1.807, 2.05) is 12.1 Å². The topological polar surface area (TPSA) is 59.4 Å². The number of furan rings is 1. The van der Waals surface area contributed by atoms with E-state index in [9.17, 15) is 0 Å². The molecule has 0 aromatic carbocycles. The van der Waals surface area contributed by atoms with Gasteiger partial charge in [0.2, 0.25) is 0 Å². The van der Waals surface area contributed by atoms with E-state index in [0.717, 1.165) is 12.2 Å². The Morgan fingerprint density at radius 3 is 3.00 bits per heavy atom. The van der Waals surface area contributed by atoms with Crippen molar-refractivity contribution in [2.75, 3.05) is 13.2 Å². The van der Waals surface area contributed by atoms with Gasteiger partial charge >= 0.3 is 0 Å². The van der Waals surface area contributed by atoms with Gasteiger partial charge in [0.1, 0.15) is 5.76 Å². The molecule has 0 radical (unpaired) electrons. The first-order valence-electron chi connectivity index (χ1n) is 4.17. The Balaban J connectivity index is 2.12. The zero-order valence-corrected chi connectivity index (χ0v) is 6.86. The third-order valence-corrected chi connectivity index (χ3v) is 2.80. The first-order valence-corrected chi connectivity index (χ1v) is 4.17. The Morgan fingerprint density at radius 1 is 1.75 bits per heavy atom. The van der Waals surface area contributed by atoms with Gasteiger partial charge in [-0.3, -0.25) is 0 Å². The highest BCUT2D eigenvalue weighted by Crippen LogP contribution is 2.58. The Morgan fingerprint density at radius 2 is 2.58 bits per heavy atom. The smallest absolute Gasteiger partial charge is 0.107 e. The summed E-state index contributed by atoms with van der Waals surface area (Å²) in [7, 11) is 0. The van der Waals surface area contributed by atoms with Gasteiger partial charge in [0.25, 0.3) is 0 Å². The van der Waals surface area contributed by atoms with Gasteiger partial charge in [-0.05, 0) is 18.6 Å². The van der Waals surface area contributed by atoms with Gasteiger partial charge in [-0.1, -0.05) is 0 Å². The summed E-state index contributed by atoms with van der Waals surface area (Å²) in [6, 6.07) is 3.81. The molecule has 1 aromatic rings. The standard InChI is InChI=1S/C9H13NO2/c10-5-9(6-11)4-7(9)8-2-1-3-12-8/h1-3,7,11H,4-6,10H2/t7-,9+/m1/s1. The molecular formula is C9H13NO2. The largest absolute Gasteiger partial charge is 0.469 e. The van der Waals surface area contributed by atoms with Crippen LogP contribution in [0.5, 0.6) is 0 Å². The lowest BCUT2D eigenvalue weighted by Gasteiger charge is -2.08. The van der Waals surface area contributed by atoms with E-state index in [1.54, 1.807) is 6.26 Å². The van der Waals surface area contributed by atoms with E-state index in [-0.39, 0.29) is 12.0 Å². The summed E-state index contributed by atoms with van der Waals surface area (Å²) in [4.78, 5) is 0. The Kier molecular flexibility index (Phi) is 1.70. The lowest BCUT2D eigenvalue weighted by atomic mass is 10.0. The maximum atomic E-state index is 9.10. The van der Waals surface area contributed by atoms with Crippen molar-refractivity contribution >= 4 is 0 Å². The average Bonchev–Trinajstić information content (AvgIpc) is 2.59. The Hall–Kier alpha value is -0.800. The van der Waals surface area contributed by atoms with Crippen LogP contribution < -0.4 is 5.73 Å². The van der Waals surface area contributed by atoms with Gasteiger partial charge in [0.15, 0.2) is 0 Å². The zero-order chi connectivity index (χ0) is 8.60. The summed E-state index contributed by atoms with van der Waals surface area (Å²) in [5.74, 6) is 1.29. The second-order valence-corrected chi connectivity index (χ2v) is 3.50. The van der Waals surface area contributed by atoms with Crippen molar-refractivity contribution in [3.05, 3.63) is 24.2 Å². The van der Waals surface area contributed by atoms with Crippen LogP contribution in [0.3, 0.4) is 0 Å². The predicted molar refractivity (Wildman–Crippen MR) is 44.6 cm³/mol. The third-order valence-electron chi connectivity index (χ3n) is 2.80. The van der Waals surface area contributed by atoms with E-state index < -0.39 is 0 Å². The number of hydrogen-bond donors (Lipinski definition) is 2. The fourth-order valence-electron chi connectivity index (χ4n) is 1.70. The molecule has 0 amide bonds. The van der Waals surface area contributed by atoms with E-state index in [1.165, 1.54) is 0 Å². The second-order valence-electron chi connectivity index (χ2n) is 3.50. The summed E-state index contributed by atoms with van der Waals surface area (Å²) in [6.07, 6.45) is 2.61. The fraction of sp³-hybridized carbons (Fsp3) is 0.556. The van der Waals surface area contributed by atoms with Crippen LogP contribution in [-0.4, -0.2) is 18.3 Å². The van der Waals surface area contributed by atoms with Crippen LogP contribution in [0.25, 0.3) is 0 Å². The molecule has 2 atom stereocenters. The molecule has 3 N–H and O–H groups in total. The Bertz CT molecular complexity index is 252. The van der Waals surface area contributed by atoms with E-state index in [2.05, 4.69) is 0 Å². The normalized spacial score (nSPS) is 33.7. The zero-order valence-electron chi connectivity index (χ0n) is 6.86. The molecule has 1 fully saturated rings. The Labute approximate surface area is 71.2 Å². The quantitative estimate of drug-likeness (QED) is 0.696. The number of rotatable bonds is 3. The van der Waals surface area contributed by atoms with Gasteiger partial charge in [-0.25, -0.2) is 0 Å². The lowest BCUT2D eigenvalue weighted by molar-refractivity contribution is 0.208.